The van der Waals surface area contributed by atoms with Crippen molar-refractivity contribution in [1.29, 1.82) is 0 Å². The van der Waals surface area contributed by atoms with E-state index in [2.05, 4.69) is 10.4 Å². The number of hydrogen-bond acceptors (Lipinski definition) is 3. The van der Waals surface area contributed by atoms with Gasteiger partial charge >= 0.3 is 0 Å². The molecule has 5 nitrogen and oxygen atoms in total. The first-order chi connectivity index (χ1) is 11.5. The second kappa shape index (κ2) is 6.41. The molecule has 3 rings (SSSR count). The Morgan fingerprint density at radius 1 is 1.00 bits per heavy atom. The van der Waals surface area contributed by atoms with Crippen LogP contribution in [0.15, 0.2) is 65.5 Å². The largest absolute Gasteiger partial charge is 0.318 e. The third kappa shape index (κ3) is 3.19. The van der Waals surface area contributed by atoms with Gasteiger partial charge in [0.25, 0.3) is 11.5 Å². The molecule has 3 aromatic rings. The summed E-state index contributed by atoms with van der Waals surface area (Å²) in [4.78, 5) is 24.1. The van der Waals surface area contributed by atoms with Crippen molar-refractivity contribution in [2.45, 2.75) is 0 Å². The first-order valence-corrected chi connectivity index (χ1v) is 6.97. The van der Waals surface area contributed by atoms with Crippen molar-refractivity contribution in [3.63, 3.8) is 0 Å². The highest BCUT2D eigenvalue weighted by molar-refractivity contribution is 6.02. The monoisotopic (exact) mass is 327 g/mol. The van der Waals surface area contributed by atoms with Gasteiger partial charge in [0.05, 0.1) is 11.4 Å². The molecule has 0 saturated carbocycles. The SMILES string of the molecule is O=C(Nc1ccc(F)cc1F)c1ccc(=O)n(-c2ccccc2)n1. The van der Waals surface area contributed by atoms with Crippen LogP contribution >= 0.6 is 0 Å². The Morgan fingerprint density at radius 2 is 1.75 bits per heavy atom. The Morgan fingerprint density at radius 3 is 2.46 bits per heavy atom. The van der Waals surface area contributed by atoms with Crippen molar-refractivity contribution in [1.82, 2.24) is 9.78 Å². The molecule has 0 atom stereocenters. The van der Waals surface area contributed by atoms with Crippen LogP contribution in [0.1, 0.15) is 10.5 Å². The minimum atomic E-state index is -0.903. The van der Waals surface area contributed by atoms with E-state index in [4.69, 9.17) is 0 Å². The molecule has 1 heterocycles. The van der Waals surface area contributed by atoms with E-state index in [9.17, 15) is 18.4 Å². The van der Waals surface area contributed by atoms with Gasteiger partial charge in [0.15, 0.2) is 0 Å². The number of aromatic nitrogens is 2. The standard InChI is InChI=1S/C17H11F2N3O2/c18-11-6-7-14(13(19)10-11)20-17(24)15-8-9-16(23)22(21-15)12-4-2-1-3-5-12/h1-10H,(H,20,24). The maximum absolute atomic E-state index is 13.6. The van der Waals surface area contributed by atoms with Crippen molar-refractivity contribution in [2.75, 3.05) is 5.32 Å². The van der Waals surface area contributed by atoms with E-state index in [1.165, 1.54) is 12.1 Å². The number of nitrogens with one attached hydrogen (secondary N) is 1. The van der Waals surface area contributed by atoms with E-state index in [-0.39, 0.29) is 11.4 Å². The third-order valence-corrected chi connectivity index (χ3v) is 3.21. The molecule has 2 aromatic carbocycles. The molecule has 1 amide bonds. The van der Waals surface area contributed by atoms with Crippen LogP contribution < -0.4 is 10.9 Å². The number of para-hydroxylation sites is 1. The van der Waals surface area contributed by atoms with Gasteiger partial charge in [-0.05, 0) is 30.3 Å². The van der Waals surface area contributed by atoms with Crippen LogP contribution in [0.3, 0.4) is 0 Å². The van der Waals surface area contributed by atoms with E-state index >= 15 is 0 Å². The predicted molar refractivity (Wildman–Crippen MR) is 84.1 cm³/mol. The number of carbonyl (C=O) groups is 1. The number of hydrogen-bond donors (Lipinski definition) is 1. The first kappa shape index (κ1) is 15.5. The summed E-state index contributed by atoms with van der Waals surface area (Å²) in [6.45, 7) is 0. The lowest BCUT2D eigenvalue weighted by atomic mass is 10.2. The number of anilines is 1. The topological polar surface area (TPSA) is 64.0 Å². The summed E-state index contributed by atoms with van der Waals surface area (Å²) in [5, 5.41) is 6.27. The lowest BCUT2D eigenvalue weighted by molar-refractivity contribution is 0.102. The molecule has 0 bridgehead atoms. The van der Waals surface area contributed by atoms with Crippen molar-refractivity contribution >= 4 is 11.6 Å². The zero-order chi connectivity index (χ0) is 17.1. The van der Waals surface area contributed by atoms with E-state index < -0.39 is 23.1 Å². The number of carbonyl (C=O) groups excluding carboxylic acids is 1. The molecule has 0 fully saturated rings. The van der Waals surface area contributed by atoms with Crippen molar-refractivity contribution in [3.8, 4) is 5.69 Å². The highest BCUT2D eigenvalue weighted by Gasteiger charge is 2.13. The van der Waals surface area contributed by atoms with E-state index in [0.29, 0.717) is 11.8 Å². The van der Waals surface area contributed by atoms with Crippen LogP contribution in [-0.2, 0) is 0 Å². The predicted octanol–water partition coefficient (Wildman–Crippen LogP) is 2.76. The summed E-state index contributed by atoms with van der Waals surface area (Å²) in [6.07, 6.45) is 0. The molecule has 0 spiro atoms. The second-order valence-corrected chi connectivity index (χ2v) is 4.88. The zero-order valence-electron chi connectivity index (χ0n) is 12.2. The quantitative estimate of drug-likeness (QED) is 0.804. The van der Waals surface area contributed by atoms with Crippen molar-refractivity contribution in [2.24, 2.45) is 0 Å². The normalized spacial score (nSPS) is 10.4. The van der Waals surface area contributed by atoms with Crippen LogP contribution in [0, 0.1) is 11.6 Å². The molecule has 0 unspecified atom stereocenters. The fourth-order valence-corrected chi connectivity index (χ4v) is 2.06. The average Bonchev–Trinajstić information content (AvgIpc) is 2.58. The van der Waals surface area contributed by atoms with Crippen LogP contribution in [-0.4, -0.2) is 15.7 Å². The summed E-state index contributed by atoms with van der Waals surface area (Å²) < 4.78 is 27.6. The Bertz CT molecular complexity index is 956. The van der Waals surface area contributed by atoms with Gasteiger partial charge in [-0.2, -0.15) is 9.78 Å². The molecule has 24 heavy (non-hydrogen) atoms. The third-order valence-electron chi connectivity index (χ3n) is 3.21. The van der Waals surface area contributed by atoms with Gasteiger partial charge in [0, 0.05) is 12.1 Å². The number of nitrogens with zero attached hydrogens (tertiary/aromatic N) is 2. The first-order valence-electron chi connectivity index (χ1n) is 6.97. The summed E-state index contributed by atoms with van der Waals surface area (Å²) in [7, 11) is 0. The summed E-state index contributed by atoms with van der Waals surface area (Å²) in [6, 6.07) is 13.8. The van der Waals surface area contributed by atoms with Gasteiger partial charge in [0.1, 0.15) is 17.3 Å². The maximum Gasteiger partial charge on any atom is 0.276 e. The fraction of sp³-hybridized carbons (Fsp3) is 0. The molecular formula is C17H11F2N3O2. The van der Waals surface area contributed by atoms with E-state index in [1.54, 1.807) is 30.3 Å². The van der Waals surface area contributed by atoms with Gasteiger partial charge in [-0.3, -0.25) is 9.59 Å². The van der Waals surface area contributed by atoms with Crippen LogP contribution in [0.2, 0.25) is 0 Å². The lowest BCUT2D eigenvalue weighted by Gasteiger charge is -2.08. The Balaban J connectivity index is 1.92. The van der Waals surface area contributed by atoms with Crippen LogP contribution in [0.25, 0.3) is 5.69 Å². The molecule has 0 aliphatic carbocycles. The number of halogens is 2. The molecule has 0 aliphatic rings. The molecule has 7 heteroatoms. The van der Waals surface area contributed by atoms with Gasteiger partial charge in [0.2, 0.25) is 0 Å². The number of rotatable bonds is 3. The Labute approximate surface area is 135 Å². The van der Waals surface area contributed by atoms with Gasteiger partial charge in [-0.15, -0.1) is 0 Å². The zero-order valence-corrected chi connectivity index (χ0v) is 12.2. The molecule has 0 aliphatic heterocycles. The number of amides is 1. The summed E-state index contributed by atoms with van der Waals surface area (Å²) in [5.74, 6) is -2.37. The maximum atomic E-state index is 13.6. The Kier molecular flexibility index (Phi) is 4.15. The minimum Gasteiger partial charge on any atom is -0.318 e. The van der Waals surface area contributed by atoms with Gasteiger partial charge in [-0.25, -0.2) is 8.78 Å². The summed E-state index contributed by atoms with van der Waals surface area (Å²) in [5.41, 5.74) is -0.182. The number of benzene rings is 2. The molecule has 1 N–H and O–H groups in total. The van der Waals surface area contributed by atoms with E-state index in [0.717, 1.165) is 16.8 Å². The van der Waals surface area contributed by atoms with Crippen LogP contribution in [0.4, 0.5) is 14.5 Å². The molecule has 0 radical (unpaired) electrons. The molecular weight excluding hydrogens is 316 g/mol. The highest BCUT2D eigenvalue weighted by Crippen LogP contribution is 2.15. The minimum absolute atomic E-state index is 0.0813. The fourth-order valence-electron chi connectivity index (χ4n) is 2.06. The van der Waals surface area contributed by atoms with Crippen molar-refractivity contribution < 1.29 is 13.6 Å². The lowest BCUT2D eigenvalue weighted by Crippen LogP contribution is -2.25. The second-order valence-electron chi connectivity index (χ2n) is 4.88. The average molecular weight is 327 g/mol. The summed E-state index contributed by atoms with van der Waals surface area (Å²) >= 11 is 0. The highest BCUT2D eigenvalue weighted by atomic mass is 19.1. The smallest absolute Gasteiger partial charge is 0.276 e. The van der Waals surface area contributed by atoms with Gasteiger partial charge < -0.3 is 5.32 Å². The molecule has 120 valence electrons. The molecule has 1 aromatic heterocycles. The van der Waals surface area contributed by atoms with Crippen molar-refractivity contribution in [3.05, 3.63) is 88.3 Å². The van der Waals surface area contributed by atoms with E-state index in [1.807, 2.05) is 0 Å². The van der Waals surface area contributed by atoms with Gasteiger partial charge in [-0.1, -0.05) is 18.2 Å². The van der Waals surface area contributed by atoms with Crippen LogP contribution in [0.5, 0.6) is 0 Å². The Hall–Kier alpha value is -3.35. The molecule has 0 saturated heterocycles.